The summed E-state index contributed by atoms with van der Waals surface area (Å²) in [6, 6.07) is -0.0420. The van der Waals surface area contributed by atoms with E-state index in [0.29, 0.717) is 13.0 Å². The molecule has 16 heavy (non-hydrogen) atoms. The summed E-state index contributed by atoms with van der Waals surface area (Å²) in [5.74, 6) is 0.0606. The Morgan fingerprint density at radius 1 is 1.50 bits per heavy atom. The molecule has 1 fully saturated rings. The zero-order valence-corrected chi connectivity index (χ0v) is 10.6. The summed E-state index contributed by atoms with van der Waals surface area (Å²) in [5, 5.41) is 5.68. The summed E-state index contributed by atoms with van der Waals surface area (Å²) in [5.41, 5.74) is 0. The summed E-state index contributed by atoms with van der Waals surface area (Å²) < 4.78 is 0. The van der Waals surface area contributed by atoms with Gasteiger partial charge in [0.25, 0.3) is 0 Å². The lowest BCUT2D eigenvalue weighted by molar-refractivity contribution is -0.132. The van der Waals surface area contributed by atoms with Crippen molar-refractivity contribution in [3.8, 4) is 0 Å². The van der Waals surface area contributed by atoms with Crippen molar-refractivity contribution in [3.63, 3.8) is 0 Å². The molecule has 0 aliphatic carbocycles. The van der Waals surface area contributed by atoms with Crippen molar-refractivity contribution in [3.05, 3.63) is 0 Å². The van der Waals surface area contributed by atoms with Crippen LogP contribution < -0.4 is 10.6 Å². The van der Waals surface area contributed by atoms with E-state index in [1.54, 1.807) is 19.0 Å². The lowest BCUT2D eigenvalue weighted by atomic mass is 10.2. The number of amides is 2. The van der Waals surface area contributed by atoms with Crippen LogP contribution in [0.3, 0.4) is 0 Å². The van der Waals surface area contributed by atoms with E-state index in [1.165, 1.54) is 0 Å². The summed E-state index contributed by atoms with van der Waals surface area (Å²) >= 11 is 0. The zero-order chi connectivity index (χ0) is 11.3. The second-order valence-electron chi connectivity index (χ2n) is 3.83. The highest BCUT2D eigenvalue weighted by molar-refractivity contribution is 5.85. The molecule has 0 spiro atoms. The SMILES string of the molecule is CNC(=O)CCN(C)C(=O)[C@@H]1CCCN1.Cl. The van der Waals surface area contributed by atoms with E-state index < -0.39 is 0 Å². The third-order valence-electron chi connectivity index (χ3n) is 2.69. The monoisotopic (exact) mass is 249 g/mol. The van der Waals surface area contributed by atoms with Crippen LogP contribution in [0.25, 0.3) is 0 Å². The summed E-state index contributed by atoms with van der Waals surface area (Å²) in [4.78, 5) is 24.4. The molecule has 1 saturated heterocycles. The maximum Gasteiger partial charge on any atom is 0.239 e. The number of nitrogens with one attached hydrogen (secondary N) is 2. The summed E-state index contributed by atoms with van der Waals surface area (Å²) in [6.45, 7) is 1.40. The van der Waals surface area contributed by atoms with Crippen LogP contribution in [0.4, 0.5) is 0 Å². The molecular weight excluding hydrogens is 230 g/mol. The highest BCUT2D eigenvalue weighted by Crippen LogP contribution is 2.07. The van der Waals surface area contributed by atoms with Crippen LogP contribution in [-0.4, -0.2) is 49.9 Å². The number of carbonyl (C=O) groups is 2. The van der Waals surface area contributed by atoms with Crippen LogP contribution in [0.15, 0.2) is 0 Å². The fraction of sp³-hybridized carbons (Fsp3) is 0.800. The van der Waals surface area contributed by atoms with E-state index >= 15 is 0 Å². The van der Waals surface area contributed by atoms with Crippen molar-refractivity contribution in [1.29, 1.82) is 0 Å². The molecule has 1 atom stereocenters. The Morgan fingerprint density at radius 2 is 2.19 bits per heavy atom. The molecule has 0 saturated carbocycles. The van der Waals surface area contributed by atoms with Gasteiger partial charge in [-0.25, -0.2) is 0 Å². The molecule has 2 amide bonds. The van der Waals surface area contributed by atoms with Crippen LogP contribution in [0, 0.1) is 0 Å². The van der Waals surface area contributed by atoms with Gasteiger partial charge in [0.1, 0.15) is 0 Å². The second kappa shape index (κ2) is 7.46. The summed E-state index contributed by atoms with van der Waals surface area (Å²) in [6.07, 6.45) is 2.33. The first-order chi connectivity index (χ1) is 7.15. The maximum absolute atomic E-state index is 11.8. The molecule has 5 nitrogen and oxygen atoms in total. The maximum atomic E-state index is 11.8. The molecule has 2 N–H and O–H groups in total. The molecule has 1 heterocycles. The average Bonchev–Trinajstić information content (AvgIpc) is 2.77. The molecule has 0 aromatic rings. The molecule has 1 aliphatic heterocycles. The fourth-order valence-electron chi connectivity index (χ4n) is 1.67. The van der Waals surface area contributed by atoms with Crippen LogP contribution >= 0.6 is 12.4 Å². The zero-order valence-electron chi connectivity index (χ0n) is 9.78. The first-order valence-electron chi connectivity index (χ1n) is 5.34. The van der Waals surface area contributed by atoms with Gasteiger partial charge < -0.3 is 15.5 Å². The minimum atomic E-state index is -0.0420. The summed E-state index contributed by atoms with van der Waals surface area (Å²) in [7, 11) is 3.34. The van der Waals surface area contributed by atoms with E-state index in [1.807, 2.05) is 0 Å². The topological polar surface area (TPSA) is 61.4 Å². The Hall–Kier alpha value is -0.810. The van der Waals surface area contributed by atoms with Crippen molar-refractivity contribution >= 4 is 24.2 Å². The smallest absolute Gasteiger partial charge is 0.239 e. The largest absolute Gasteiger partial charge is 0.359 e. The van der Waals surface area contributed by atoms with E-state index in [9.17, 15) is 9.59 Å². The van der Waals surface area contributed by atoms with Gasteiger partial charge in [-0.1, -0.05) is 0 Å². The number of carbonyl (C=O) groups excluding carboxylic acids is 2. The lowest BCUT2D eigenvalue weighted by Crippen LogP contribution is -2.42. The van der Waals surface area contributed by atoms with Gasteiger partial charge in [0.15, 0.2) is 0 Å². The Kier molecular flexibility index (Phi) is 7.08. The molecule has 0 aromatic carbocycles. The van der Waals surface area contributed by atoms with Gasteiger partial charge in [0.05, 0.1) is 6.04 Å². The molecular formula is C10H20ClN3O2. The standard InChI is InChI=1S/C10H19N3O2.ClH/c1-11-9(14)5-7-13(2)10(15)8-4-3-6-12-8;/h8,12H,3-7H2,1-2H3,(H,11,14);1H/t8-;/m0./s1. The Morgan fingerprint density at radius 3 is 2.69 bits per heavy atom. The van der Waals surface area contributed by atoms with Gasteiger partial charge in [0.2, 0.25) is 11.8 Å². The molecule has 1 rings (SSSR count). The fourth-order valence-corrected chi connectivity index (χ4v) is 1.67. The molecule has 6 heteroatoms. The van der Waals surface area contributed by atoms with Crippen molar-refractivity contribution in [1.82, 2.24) is 15.5 Å². The molecule has 0 bridgehead atoms. The van der Waals surface area contributed by atoms with Crippen LogP contribution in [0.1, 0.15) is 19.3 Å². The van der Waals surface area contributed by atoms with Crippen molar-refractivity contribution in [2.75, 3.05) is 27.2 Å². The van der Waals surface area contributed by atoms with Gasteiger partial charge in [0, 0.05) is 27.1 Å². The molecule has 0 aromatic heterocycles. The third-order valence-corrected chi connectivity index (χ3v) is 2.69. The molecule has 94 valence electrons. The van der Waals surface area contributed by atoms with Crippen molar-refractivity contribution < 1.29 is 9.59 Å². The normalized spacial score (nSPS) is 18.8. The highest BCUT2D eigenvalue weighted by atomic mass is 35.5. The van der Waals surface area contributed by atoms with Crippen LogP contribution in [0.2, 0.25) is 0 Å². The first-order valence-corrected chi connectivity index (χ1v) is 5.34. The van der Waals surface area contributed by atoms with E-state index in [0.717, 1.165) is 19.4 Å². The number of likely N-dealkylation sites (N-methyl/N-ethyl adjacent to an activating group) is 1. The van der Waals surface area contributed by atoms with Crippen LogP contribution in [-0.2, 0) is 9.59 Å². The predicted octanol–water partition coefficient (Wildman–Crippen LogP) is -0.245. The predicted molar refractivity (Wildman–Crippen MR) is 64.6 cm³/mol. The first kappa shape index (κ1) is 15.2. The third kappa shape index (κ3) is 4.37. The number of nitrogens with zero attached hydrogens (tertiary/aromatic N) is 1. The molecule has 0 unspecified atom stereocenters. The number of halogens is 1. The molecule has 0 radical (unpaired) electrons. The number of hydrogen-bond donors (Lipinski definition) is 2. The lowest BCUT2D eigenvalue weighted by Gasteiger charge is -2.20. The van der Waals surface area contributed by atoms with E-state index in [2.05, 4.69) is 10.6 Å². The van der Waals surface area contributed by atoms with Gasteiger partial charge in [-0.2, -0.15) is 0 Å². The Balaban J connectivity index is 0.00000225. The van der Waals surface area contributed by atoms with Crippen molar-refractivity contribution in [2.24, 2.45) is 0 Å². The van der Waals surface area contributed by atoms with Gasteiger partial charge in [-0.3, -0.25) is 9.59 Å². The Labute approximate surface area is 102 Å². The van der Waals surface area contributed by atoms with Crippen molar-refractivity contribution in [2.45, 2.75) is 25.3 Å². The minimum absolute atomic E-state index is 0. The average molecular weight is 250 g/mol. The van der Waals surface area contributed by atoms with Gasteiger partial charge >= 0.3 is 0 Å². The highest BCUT2D eigenvalue weighted by Gasteiger charge is 2.24. The van der Waals surface area contributed by atoms with Crippen LogP contribution in [0.5, 0.6) is 0 Å². The van der Waals surface area contributed by atoms with Gasteiger partial charge in [-0.05, 0) is 19.4 Å². The minimum Gasteiger partial charge on any atom is -0.359 e. The number of rotatable bonds is 4. The molecule has 1 aliphatic rings. The van der Waals surface area contributed by atoms with E-state index in [4.69, 9.17) is 0 Å². The van der Waals surface area contributed by atoms with Gasteiger partial charge in [-0.15, -0.1) is 12.4 Å². The Bertz CT molecular complexity index is 242. The number of hydrogen-bond acceptors (Lipinski definition) is 3. The van der Waals surface area contributed by atoms with E-state index in [-0.39, 0.29) is 30.3 Å². The quantitative estimate of drug-likeness (QED) is 0.723. The second-order valence-corrected chi connectivity index (χ2v) is 3.83.